The van der Waals surface area contributed by atoms with Crippen LogP contribution in [-0.2, 0) is 0 Å². The van der Waals surface area contributed by atoms with E-state index >= 15 is 0 Å². The standard InChI is InChI=1S/C21H14O/c22-16-18-11-14-20(15-12-18)21-9-5-4-8-19(21)13-10-17-6-2-1-3-7-17/h1-9,11-12,14-16H. The summed E-state index contributed by atoms with van der Waals surface area (Å²) >= 11 is 0. The van der Waals surface area contributed by atoms with Gasteiger partial charge in [-0.25, -0.2) is 0 Å². The summed E-state index contributed by atoms with van der Waals surface area (Å²) in [6.07, 6.45) is 0.852. The molecule has 0 fully saturated rings. The van der Waals surface area contributed by atoms with Gasteiger partial charge in [0.1, 0.15) is 6.29 Å². The first kappa shape index (κ1) is 13.9. The van der Waals surface area contributed by atoms with Gasteiger partial charge >= 0.3 is 0 Å². The third-order valence-electron chi connectivity index (χ3n) is 3.40. The van der Waals surface area contributed by atoms with Crippen LogP contribution in [0.25, 0.3) is 11.1 Å². The van der Waals surface area contributed by atoms with Crippen LogP contribution >= 0.6 is 0 Å². The van der Waals surface area contributed by atoms with E-state index in [-0.39, 0.29) is 0 Å². The Morgan fingerprint density at radius 3 is 2.09 bits per heavy atom. The van der Waals surface area contributed by atoms with Crippen LogP contribution in [0.15, 0.2) is 78.9 Å². The second-order valence-electron chi connectivity index (χ2n) is 4.90. The van der Waals surface area contributed by atoms with Gasteiger partial charge in [0.15, 0.2) is 0 Å². The molecular weight excluding hydrogens is 268 g/mol. The van der Waals surface area contributed by atoms with E-state index in [0.717, 1.165) is 28.5 Å². The van der Waals surface area contributed by atoms with Crippen molar-refractivity contribution in [3.05, 3.63) is 95.6 Å². The molecule has 0 radical (unpaired) electrons. The van der Waals surface area contributed by atoms with Crippen LogP contribution in [0.3, 0.4) is 0 Å². The Morgan fingerprint density at radius 1 is 0.682 bits per heavy atom. The molecule has 0 unspecified atom stereocenters. The molecule has 0 amide bonds. The van der Waals surface area contributed by atoms with E-state index in [2.05, 4.69) is 11.8 Å². The van der Waals surface area contributed by atoms with Gasteiger partial charge in [-0.1, -0.05) is 72.5 Å². The summed E-state index contributed by atoms with van der Waals surface area (Å²) in [6.45, 7) is 0. The first-order valence-corrected chi connectivity index (χ1v) is 7.08. The van der Waals surface area contributed by atoms with Crippen molar-refractivity contribution in [2.24, 2.45) is 0 Å². The molecule has 1 heteroatoms. The Bertz CT molecular complexity index is 834. The molecule has 0 spiro atoms. The number of benzene rings is 3. The highest BCUT2D eigenvalue weighted by molar-refractivity contribution is 5.78. The largest absolute Gasteiger partial charge is 0.298 e. The molecule has 3 aromatic carbocycles. The summed E-state index contributed by atoms with van der Waals surface area (Å²) < 4.78 is 0. The van der Waals surface area contributed by atoms with Crippen LogP contribution in [-0.4, -0.2) is 6.29 Å². The van der Waals surface area contributed by atoms with Gasteiger partial charge in [0.05, 0.1) is 0 Å². The van der Waals surface area contributed by atoms with Crippen molar-refractivity contribution in [2.75, 3.05) is 0 Å². The van der Waals surface area contributed by atoms with E-state index in [4.69, 9.17) is 0 Å². The van der Waals surface area contributed by atoms with E-state index in [1.54, 1.807) is 0 Å². The molecular formula is C21H14O. The molecule has 104 valence electrons. The molecule has 0 atom stereocenters. The number of hydrogen-bond acceptors (Lipinski definition) is 1. The fourth-order valence-electron chi connectivity index (χ4n) is 2.25. The number of carbonyl (C=O) groups excluding carboxylic acids is 1. The monoisotopic (exact) mass is 282 g/mol. The van der Waals surface area contributed by atoms with Gasteiger partial charge in [-0.05, 0) is 29.3 Å². The SMILES string of the molecule is O=Cc1ccc(-c2ccccc2C#Cc2ccccc2)cc1. The first-order valence-electron chi connectivity index (χ1n) is 7.08. The fourth-order valence-corrected chi connectivity index (χ4v) is 2.25. The highest BCUT2D eigenvalue weighted by Crippen LogP contribution is 2.23. The maximum atomic E-state index is 10.8. The van der Waals surface area contributed by atoms with E-state index in [1.165, 1.54) is 0 Å². The number of aldehydes is 1. The summed E-state index contributed by atoms with van der Waals surface area (Å²) in [4.78, 5) is 10.8. The van der Waals surface area contributed by atoms with Gasteiger partial charge in [-0.2, -0.15) is 0 Å². The van der Waals surface area contributed by atoms with Crippen molar-refractivity contribution < 1.29 is 4.79 Å². The van der Waals surface area contributed by atoms with Gasteiger partial charge in [0.25, 0.3) is 0 Å². The summed E-state index contributed by atoms with van der Waals surface area (Å²) in [7, 11) is 0. The first-order chi connectivity index (χ1) is 10.9. The lowest BCUT2D eigenvalue weighted by molar-refractivity contribution is 0.112. The van der Waals surface area contributed by atoms with Gasteiger partial charge < -0.3 is 0 Å². The predicted octanol–water partition coefficient (Wildman–Crippen LogP) is 4.57. The third-order valence-corrected chi connectivity index (χ3v) is 3.40. The zero-order valence-corrected chi connectivity index (χ0v) is 12.0. The molecule has 0 aliphatic heterocycles. The Morgan fingerprint density at radius 2 is 1.36 bits per heavy atom. The maximum absolute atomic E-state index is 10.8. The summed E-state index contributed by atoms with van der Waals surface area (Å²) in [6, 6.07) is 25.5. The van der Waals surface area contributed by atoms with Crippen molar-refractivity contribution in [3.8, 4) is 23.0 Å². The average molecular weight is 282 g/mol. The van der Waals surface area contributed by atoms with Crippen LogP contribution in [0.2, 0.25) is 0 Å². The Balaban J connectivity index is 2.00. The molecule has 0 aliphatic carbocycles. The maximum Gasteiger partial charge on any atom is 0.150 e. The number of hydrogen-bond donors (Lipinski definition) is 0. The number of rotatable bonds is 2. The lowest BCUT2D eigenvalue weighted by Crippen LogP contribution is -1.85. The topological polar surface area (TPSA) is 17.1 Å². The van der Waals surface area contributed by atoms with Crippen LogP contribution in [0.1, 0.15) is 21.5 Å². The summed E-state index contributed by atoms with van der Waals surface area (Å²) in [5.74, 6) is 6.42. The molecule has 0 saturated heterocycles. The Labute approximate surface area is 130 Å². The molecule has 0 heterocycles. The van der Waals surface area contributed by atoms with E-state index < -0.39 is 0 Å². The molecule has 0 saturated carbocycles. The lowest BCUT2D eigenvalue weighted by Gasteiger charge is -2.05. The van der Waals surface area contributed by atoms with Crippen LogP contribution in [0.5, 0.6) is 0 Å². The molecule has 3 rings (SSSR count). The average Bonchev–Trinajstić information content (AvgIpc) is 2.61. The lowest BCUT2D eigenvalue weighted by atomic mass is 9.99. The van der Waals surface area contributed by atoms with E-state index in [0.29, 0.717) is 5.56 Å². The normalized spacial score (nSPS) is 9.64. The van der Waals surface area contributed by atoms with Crippen molar-refractivity contribution in [1.82, 2.24) is 0 Å². The highest BCUT2D eigenvalue weighted by atomic mass is 16.1. The van der Waals surface area contributed by atoms with Crippen molar-refractivity contribution in [1.29, 1.82) is 0 Å². The van der Waals surface area contributed by atoms with Crippen molar-refractivity contribution >= 4 is 6.29 Å². The zero-order valence-electron chi connectivity index (χ0n) is 12.0. The van der Waals surface area contributed by atoms with Crippen molar-refractivity contribution in [2.45, 2.75) is 0 Å². The minimum absolute atomic E-state index is 0.677. The summed E-state index contributed by atoms with van der Waals surface area (Å²) in [5.41, 5.74) is 4.78. The van der Waals surface area contributed by atoms with Gasteiger partial charge in [0, 0.05) is 16.7 Å². The minimum Gasteiger partial charge on any atom is -0.298 e. The van der Waals surface area contributed by atoms with Gasteiger partial charge in [-0.15, -0.1) is 0 Å². The van der Waals surface area contributed by atoms with Crippen LogP contribution in [0, 0.1) is 11.8 Å². The molecule has 1 nitrogen and oxygen atoms in total. The molecule has 0 aromatic heterocycles. The van der Waals surface area contributed by atoms with Gasteiger partial charge in [0.2, 0.25) is 0 Å². The summed E-state index contributed by atoms with van der Waals surface area (Å²) in [5, 5.41) is 0. The second kappa shape index (κ2) is 6.56. The second-order valence-corrected chi connectivity index (χ2v) is 4.90. The number of carbonyl (C=O) groups is 1. The zero-order chi connectivity index (χ0) is 15.2. The Hall–Kier alpha value is -3.11. The molecule has 3 aromatic rings. The van der Waals surface area contributed by atoms with E-state index in [9.17, 15) is 4.79 Å². The highest BCUT2D eigenvalue weighted by Gasteiger charge is 2.02. The smallest absolute Gasteiger partial charge is 0.150 e. The van der Waals surface area contributed by atoms with Crippen LogP contribution in [0.4, 0.5) is 0 Å². The quantitative estimate of drug-likeness (QED) is 0.497. The molecule has 22 heavy (non-hydrogen) atoms. The molecule has 0 bridgehead atoms. The molecule has 0 N–H and O–H groups in total. The van der Waals surface area contributed by atoms with E-state index in [1.807, 2.05) is 78.9 Å². The fraction of sp³-hybridized carbons (Fsp3) is 0. The van der Waals surface area contributed by atoms with Crippen molar-refractivity contribution in [3.63, 3.8) is 0 Å². The minimum atomic E-state index is 0.677. The predicted molar refractivity (Wildman–Crippen MR) is 89.7 cm³/mol. The van der Waals surface area contributed by atoms with Gasteiger partial charge in [-0.3, -0.25) is 4.79 Å². The Kier molecular flexibility index (Phi) is 4.13. The molecule has 0 aliphatic rings. The third kappa shape index (κ3) is 3.13. The van der Waals surface area contributed by atoms with Crippen LogP contribution < -0.4 is 0 Å².